The lowest BCUT2D eigenvalue weighted by molar-refractivity contribution is -0.175. The average Bonchev–Trinajstić information content (AvgIpc) is 2.83. The van der Waals surface area contributed by atoms with Crippen molar-refractivity contribution in [1.82, 2.24) is 0 Å². The fourth-order valence-corrected chi connectivity index (χ4v) is 3.11. The molecule has 0 saturated carbocycles. The molecule has 1 unspecified atom stereocenters. The van der Waals surface area contributed by atoms with Gasteiger partial charge in [-0.1, -0.05) is 65.2 Å². The van der Waals surface area contributed by atoms with Gasteiger partial charge in [-0.2, -0.15) is 0 Å². The van der Waals surface area contributed by atoms with E-state index in [1.54, 1.807) is 0 Å². The number of hydrogen-bond acceptors (Lipinski definition) is 6. The molecule has 1 rings (SSSR count). The van der Waals surface area contributed by atoms with Crippen LogP contribution in [0.1, 0.15) is 78.1 Å². The van der Waals surface area contributed by atoms with Crippen LogP contribution in [0.4, 0.5) is 0 Å². The quantitative estimate of drug-likeness (QED) is 0.320. The van der Waals surface area contributed by atoms with Crippen molar-refractivity contribution in [1.29, 1.82) is 0 Å². The second kappa shape index (κ2) is 9.89. The molecule has 1 heterocycles. The molecular formula is C18H32O6. The summed E-state index contributed by atoms with van der Waals surface area (Å²) in [6, 6.07) is 0. The van der Waals surface area contributed by atoms with E-state index in [1.165, 1.54) is 0 Å². The topological polar surface area (TPSA) is 107 Å². The summed E-state index contributed by atoms with van der Waals surface area (Å²) in [5.41, 5.74) is -1.79. The van der Waals surface area contributed by atoms with E-state index in [-0.39, 0.29) is 6.42 Å². The van der Waals surface area contributed by atoms with Crippen molar-refractivity contribution in [3.05, 3.63) is 11.5 Å². The Balaban J connectivity index is 2.80. The Morgan fingerprint density at radius 3 is 2.12 bits per heavy atom. The van der Waals surface area contributed by atoms with Crippen molar-refractivity contribution >= 4 is 5.97 Å². The van der Waals surface area contributed by atoms with Crippen LogP contribution in [0.3, 0.4) is 0 Å². The minimum Gasteiger partial charge on any atom is -0.505 e. The molecule has 0 aromatic carbocycles. The van der Waals surface area contributed by atoms with Gasteiger partial charge in [-0.3, -0.25) is 0 Å². The Labute approximate surface area is 144 Å². The number of aliphatic hydroxyl groups excluding tert-OH is 3. The number of carbonyl (C=O) groups is 1. The van der Waals surface area contributed by atoms with E-state index < -0.39 is 35.3 Å². The minimum atomic E-state index is -1.79. The van der Waals surface area contributed by atoms with E-state index in [1.807, 2.05) is 0 Å². The van der Waals surface area contributed by atoms with Gasteiger partial charge in [-0.15, -0.1) is 0 Å². The maximum absolute atomic E-state index is 11.5. The fraction of sp³-hybridized carbons (Fsp3) is 0.833. The van der Waals surface area contributed by atoms with Crippen LogP contribution in [-0.2, 0) is 9.53 Å². The number of aliphatic hydroxyl groups is 4. The number of rotatable bonds is 12. The van der Waals surface area contributed by atoms with Gasteiger partial charge in [0.25, 0.3) is 0 Å². The zero-order valence-corrected chi connectivity index (χ0v) is 14.8. The highest BCUT2D eigenvalue weighted by Crippen LogP contribution is 2.35. The van der Waals surface area contributed by atoms with Gasteiger partial charge in [-0.25, -0.2) is 4.79 Å². The number of unbranched alkanes of at least 4 members (excludes halogenated alkanes) is 6. The average molecular weight is 344 g/mol. The molecule has 24 heavy (non-hydrogen) atoms. The van der Waals surface area contributed by atoms with Crippen LogP contribution in [0.25, 0.3) is 0 Å². The normalized spacial score (nSPS) is 21.7. The third kappa shape index (κ3) is 5.11. The third-order valence-electron chi connectivity index (χ3n) is 4.70. The highest BCUT2D eigenvalue weighted by Gasteiger charge is 2.52. The largest absolute Gasteiger partial charge is 0.505 e. The summed E-state index contributed by atoms with van der Waals surface area (Å²) < 4.78 is 4.93. The molecular weight excluding hydrogens is 312 g/mol. The molecule has 4 N–H and O–H groups in total. The van der Waals surface area contributed by atoms with Crippen molar-refractivity contribution < 1.29 is 30.0 Å². The van der Waals surface area contributed by atoms with Gasteiger partial charge in [0.15, 0.2) is 11.9 Å². The van der Waals surface area contributed by atoms with Gasteiger partial charge < -0.3 is 25.2 Å². The Hall–Kier alpha value is -1.27. The Morgan fingerprint density at radius 1 is 1.04 bits per heavy atom. The van der Waals surface area contributed by atoms with Crippen molar-refractivity contribution in [3.63, 3.8) is 0 Å². The summed E-state index contributed by atoms with van der Waals surface area (Å²) in [4.78, 5) is 11.5. The summed E-state index contributed by atoms with van der Waals surface area (Å²) in [5, 5.41) is 41.0. The molecule has 0 spiro atoms. The number of cyclic esters (lactones) is 1. The highest BCUT2D eigenvalue weighted by molar-refractivity contribution is 5.89. The lowest BCUT2D eigenvalue weighted by atomic mass is 9.81. The third-order valence-corrected chi connectivity index (χ3v) is 4.70. The van der Waals surface area contributed by atoms with Crippen LogP contribution in [-0.4, -0.2) is 44.2 Å². The van der Waals surface area contributed by atoms with Gasteiger partial charge in [0.2, 0.25) is 5.76 Å². The number of hydrogen-bond donors (Lipinski definition) is 4. The predicted molar refractivity (Wildman–Crippen MR) is 90.6 cm³/mol. The first-order chi connectivity index (χ1) is 11.4. The zero-order chi connectivity index (χ0) is 18.2. The van der Waals surface area contributed by atoms with Crippen molar-refractivity contribution in [2.75, 3.05) is 0 Å². The van der Waals surface area contributed by atoms with Crippen LogP contribution in [0.5, 0.6) is 0 Å². The van der Waals surface area contributed by atoms with E-state index >= 15 is 0 Å². The monoisotopic (exact) mass is 344 g/mol. The molecule has 6 nitrogen and oxygen atoms in total. The van der Waals surface area contributed by atoms with Gasteiger partial charge in [0.1, 0.15) is 5.60 Å². The lowest BCUT2D eigenvalue weighted by Crippen LogP contribution is -2.53. The first-order valence-electron chi connectivity index (χ1n) is 9.12. The van der Waals surface area contributed by atoms with Crippen LogP contribution in [0, 0.1) is 0 Å². The summed E-state index contributed by atoms with van der Waals surface area (Å²) in [6.07, 6.45) is 5.33. The van der Waals surface area contributed by atoms with Gasteiger partial charge in [-0.05, 0) is 12.8 Å². The molecule has 0 aromatic rings. The molecule has 1 aliphatic rings. The van der Waals surface area contributed by atoms with Crippen molar-refractivity contribution in [2.24, 2.45) is 0 Å². The molecule has 3 atom stereocenters. The van der Waals surface area contributed by atoms with Gasteiger partial charge in [0, 0.05) is 0 Å². The summed E-state index contributed by atoms with van der Waals surface area (Å²) in [6.45, 7) is 4.16. The maximum Gasteiger partial charge on any atom is 0.378 e. The highest BCUT2D eigenvalue weighted by atomic mass is 16.6. The molecule has 0 aromatic heterocycles. The van der Waals surface area contributed by atoms with Crippen molar-refractivity contribution in [3.8, 4) is 0 Å². The molecule has 6 heteroatoms. The van der Waals surface area contributed by atoms with Gasteiger partial charge >= 0.3 is 5.97 Å². The van der Waals surface area contributed by atoms with Crippen LogP contribution in [0.15, 0.2) is 11.5 Å². The predicted octanol–water partition coefficient (Wildman–Crippen LogP) is 3.27. The van der Waals surface area contributed by atoms with E-state index in [9.17, 15) is 25.2 Å². The Kier molecular flexibility index (Phi) is 8.56. The second-order valence-electron chi connectivity index (χ2n) is 6.69. The summed E-state index contributed by atoms with van der Waals surface area (Å²) >= 11 is 0. The summed E-state index contributed by atoms with van der Waals surface area (Å²) in [5.74, 6) is -2.64. The molecule has 0 saturated heterocycles. The first-order valence-corrected chi connectivity index (χ1v) is 9.12. The smallest absolute Gasteiger partial charge is 0.378 e. The fourth-order valence-electron chi connectivity index (χ4n) is 3.11. The SMILES string of the molecule is CCCCCCC(O)[C@@](O)(CCCCCC)[C@H]1OC(=O)C(O)=C1O. The molecule has 0 aliphatic carbocycles. The molecule has 0 bridgehead atoms. The minimum absolute atomic E-state index is 0.192. The van der Waals surface area contributed by atoms with E-state index in [0.29, 0.717) is 12.8 Å². The van der Waals surface area contributed by atoms with Crippen LogP contribution < -0.4 is 0 Å². The first kappa shape index (κ1) is 20.8. The number of carbonyl (C=O) groups excluding carboxylic acids is 1. The van der Waals surface area contributed by atoms with Crippen LogP contribution in [0.2, 0.25) is 0 Å². The van der Waals surface area contributed by atoms with E-state index in [4.69, 9.17) is 4.74 Å². The molecule has 1 aliphatic heterocycles. The maximum atomic E-state index is 11.5. The van der Waals surface area contributed by atoms with E-state index in [0.717, 1.165) is 44.9 Å². The molecule has 0 radical (unpaired) electrons. The Bertz CT molecular complexity index is 433. The number of esters is 1. The van der Waals surface area contributed by atoms with Gasteiger partial charge in [0.05, 0.1) is 6.10 Å². The molecule has 0 amide bonds. The number of ether oxygens (including phenoxy) is 1. The van der Waals surface area contributed by atoms with Crippen molar-refractivity contribution in [2.45, 2.75) is 95.9 Å². The second-order valence-corrected chi connectivity index (χ2v) is 6.69. The summed E-state index contributed by atoms with van der Waals surface area (Å²) in [7, 11) is 0. The van der Waals surface area contributed by atoms with E-state index in [2.05, 4.69) is 13.8 Å². The molecule has 140 valence electrons. The standard InChI is InChI=1S/C18H32O6/c1-3-5-7-9-11-13(19)18(23,12-10-8-6-4-2)16-14(20)15(21)17(22)24-16/h13,16,19-21,23H,3-12H2,1-2H3/t13?,16-,18-/m0/s1. The van der Waals surface area contributed by atoms with Crippen LogP contribution >= 0.6 is 0 Å². The zero-order valence-electron chi connectivity index (χ0n) is 14.8. The lowest BCUT2D eigenvalue weighted by Gasteiger charge is -2.37. The Morgan fingerprint density at radius 2 is 1.62 bits per heavy atom. The molecule has 0 fully saturated rings.